The highest BCUT2D eigenvalue weighted by Crippen LogP contribution is 2.22. The number of rotatable bonds is 4. The molecule has 0 bridgehead atoms. The molecular formula is C17H14N2O2. The topological polar surface area (TPSA) is 55.0 Å². The van der Waals surface area contributed by atoms with Crippen LogP contribution in [0.15, 0.2) is 41.2 Å². The van der Waals surface area contributed by atoms with Crippen molar-refractivity contribution < 1.29 is 4.74 Å². The van der Waals surface area contributed by atoms with Gasteiger partial charge in [0.15, 0.2) is 0 Å². The summed E-state index contributed by atoms with van der Waals surface area (Å²) in [5.41, 5.74) is 1.23. The Morgan fingerprint density at radius 3 is 2.52 bits per heavy atom. The highest BCUT2D eigenvalue weighted by molar-refractivity contribution is 5.61. The zero-order chi connectivity index (χ0) is 15.2. The molecule has 0 aliphatic rings. The standard InChI is InChI=1S/C17H14N2O2/c1-3-11-19-16(10-7-14(12-18)17(19)20)13-5-8-15(9-6-13)21-4-2/h1,5-10H,4,11H2,2H3. The fraction of sp³-hybridized carbons (Fsp3) is 0.176. The number of terminal acetylenes is 1. The second-order valence-corrected chi connectivity index (χ2v) is 4.30. The molecule has 1 aromatic heterocycles. The predicted octanol–water partition coefficient (Wildman–Crippen LogP) is 2.42. The van der Waals surface area contributed by atoms with Crippen molar-refractivity contribution in [3.8, 4) is 35.4 Å². The van der Waals surface area contributed by atoms with Crippen molar-refractivity contribution in [2.45, 2.75) is 13.5 Å². The van der Waals surface area contributed by atoms with E-state index in [9.17, 15) is 4.79 Å². The van der Waals surface area contributed by atoms with E-state index in [1.165, 1.54) is 10.6 Å². The van der Waals surface area contributed by atoms with Crippen LogP contribution < -0.4 is 10.3 Å². The summed E-state index contributed by atoms with van der Waals surface area (Å²) < 4.78 is 6.82. The Kier molecular flexibility index (Phi) is 4.43. The number of nitrogens with zero attached hydrogens (tertiary/aromatic N) is 2. The highest BCUT2D eigenvalue weighted by Gasteiger charge is 2.09. The molecular weight excluding hydrogens is 264 g/mol. The fourth-order valence-corrected chi connectivity index (χ4v) is 2.05. The highest BCUT2D eigenvalue weighted by atomic mass is 16.5. The largest absolute Gasteiger partial charge is 0.494 e. The third-order valence-electron chi connectivity index (χ3n) is 3.01. The number of benzene rings is 1. The summed E-state index contributed by atoms with van der Waals surface area (Å²) in [5.74, 6) is 3.21. The molecule has 104 valence electrons. The van der Waals surface area contributed by atoms with Gasteiger partial charge in [-0.15, -0.1) is 6.42 Å². The lowest BCUT2D eigenvalue weighted by Crippen LogP contribution is -2.23. The van der Waals surface area contributed by atoms with Gasteiger partial charge in [-0.3, -0.25) is 9.36 Å². The molecule has 0 unspecified atom stereocenters. The Hall–Kier alpha value is -2.98. The van der Waals surface area contributed by atoms with Crippen LogP contribution in [0, 0.1) is 23.7 Å². The van der Waals surface area contributed by atoms with Crippen LogP contribution in [0.3, 0.4) is 0 Å². The lowest BCUT2D eigenvalue weighted by molar-refractivity contribution is 0.340. The molecule has 0 spiro atoms. The summed E-state index contributed by atoms with van der Waals surface area (Å²) >= 11 is 0. The molecule has 0 atom stereocenters. The summed E-state index contributed by atoms with van der Waals surface area (Å²) in [6.45, 7) is 2.63. The van der Waals surface area contributed by atoms with Crippen LogP contribution in [0.25, 0.3) is 11.3 Å². The van der Waals surface area contributed by atoms with Crippen molar-refractivity contribution >= 4 is 0 Å². The van der Waals surface area contributed by atoms with Gasteiger partial charge in [0.25, 0.3) is 5.56 Å². The Labute approximate surface area is 123 Å². The van der Waals surface area contributed by atoms with Crippen LogP contribution in [0.1, 0.15) is 12.5 Å². The van der Waals surface area contributed by atoms with Crippen LogP contribution in [-0.2, 0) is 6.54 Å². The summed E-state index contributed by atoms with van der Waals surface area (Å²) in [4.78, 5) is 12.2. The zero-order valence-corrected chi connectivity index (χ0v) is 11.7. The van der Waals surface area contributed by atoms with Gasteiger partial charge in [0.05, 0.1) is 18.8 Å². The van der Waals surface area contributed by atoms with Crippen LogP contribution in [0.2, 0.25) is 0 Å². The number of pyridine rings is 1. The average molecular weight is 278 g/mol. The predicted molar refractivity (Wildman–Crippen MR) is 80.9 cm³/mol. The maximum absolute atomic E-state index is 12.2. The maximum Gasteiger partial charge on any atom is 0.269 e. The molecule has 21 heavy (non-hydrogen) atoms. The number of hydrogen-bond donors (Lipinski definition) is 0. The van der Waals surface area contributed by atoms with E-state index in [4.69, 9.17) is 16.4 Å². The fourth-order valence-electron chi connectivity index (χ4n) is 2.05. The van der Waals surface area contributed by atoms with Crippen molar-refractivity contribution in [3.63, 3.8) is 0 Å². The Bertz CT molecular complexity index is 774. The zero-order valence-electron chi connectivity index (χ0n) is 11.7. The van der Waals surface area contributed by atoms with Gasteiger partial charge in [-0.1, -0.05) is 5.92 Å². The van der Waals surface area contributed by atoms with Crippen molar-refractivity contribution in [2.24, 2.45) is 0 Å². The van der Waals surface area contributed by atoms with Gasteiger partial charge >= 0.3 is 0 Å². The second-order valence-electron chi connectivity index (χ2n) is 4.30. The lowest BCUT2D eigenvalue weighted by atomic mass is 10.1. The van der Waals surface area contributed by atoms with Gasteiger partial charge in [0.1, 0.15) is 17.4 Å². The van der Waals surface area contributed by atoms with E-state index in [-0.39, 0.29) is 17.7 Å². The molecule has 2 aromatic rings. The van der Waals surface area contributed by atoms with E-state index >= 15 is 0 Å². The normalized spacial score (nSPS) is 9.67. The van der Waals surface area contributed by atoms with Crippen molar-refractivity contribution in [1.29, 1.82) is 5.26 Å². The van der Waals surface area contributed by atoms with Gasteiger partial charge in [0.2, 0.25) is 0 Å². The van der Waals surface area contributed by atoms with Gasteiger partial charge < -0.3 is 4.74 Å². The van der Waals surface area contributed by atoms with E-state index in [1.54, 1.807) is 6.07 Å². The molecule has 0 aliphatic heterocycles. The maximum atomic E-state index is 12.2. The first-order valence-electron chi connectivity index (χ1n) is 6.52. The van der Waals surface area contributed by atoms with Crippen molar-refractivity contribution in [1.82, 2.24) is 4.57 Å². The van der Waals surface area contributed by atoms with Crippen LogP contribution in [-0.4, -0.2) is 11.2 Å². The van der Waals surface area contributed by atoms with Gasteiger partial charge in [-0.05, 0) is 48.9 Å². The van der Waals surface area contributed by atoms with Crippen LogP contribution in [0.4, 0.5) is 0 Å². The molecule has 0 saturated carbocycles. The van der Waals surface area contributed by atoms with E-state index in [0.717, 1.165) is 11.3 Å². The van der Waals surface area contributed by atoms with Crippen molar-refractivity contribution in [3.05, 3.63) is 52.3 Å². The average Bonchev–Trinajstić information content (AvgIpc) is 2.51. The molecule has 0 radical (unpaired) electrons. The van der Waals surface area contributed by atoms with E-state index < -0.39 is 0 Å². The van der Waals surface area contributed by atoms with Gasteiger partial charge in [-0.2, -0.15) is 5.26 Å². The smallest absolute Gasteiger partial charge is 0.269 e. The summed E-state index contributed by atoms with van der Waals surface area (Å²) in [7, 11) is 0. The first kappa shape index (κ1) is 14.4. The van der Waals surface area contributed by atoms with E-state index in [0.29, 0.717) is 12.3 Å². The number of ether oxygens (including phenoxy) is 1. The SMILES string of the molecule is C#CCn1c(-c2ccc(OCC)cc2)ccc(C#N)c1=O. The quantitative estimate of drug-likeness (QED) is 0.807. The third-order valence-corrected chi connectivity index (χ3v) is 3.01. The third kappa shape index (κ3) is 2.96. The molecule has 1 aromatic carbocycles. The van der Waals surface area contributed by atoms with Crippen LogP contribution >= 0.6 is 0 Å². The molecule has 4 heteroatoms. The monoisotopic (exact) mass is 278 g/mol. The minimum absolute atomic E-state index is 0.0833. The Morgan fingerprint density at radius 1 is 1.24 bits per heavy atom. The number of aromatic nitrogens is 1. The number of nitriles is 1. The minimum Gasteiger partial charge on any atom is -0.494 e. The van der Waals surface area contributed by atoms with E-state index in [1.807, 2.05) is 37.3 Å². The van der Waals surface area contributed by atoms with Gasteiger partial charge in [0, 0.05) is 0 Å². The molecule has 0 saturated heterocycles. The Morgan fingerprint density at radius 2 is 1.95 bits per heavy atom. The van der Waals surface area contributed by atoms with E-state index in [2.05, 4.69) is 5.92 Å². The first-order chi connectivity index (χ1) is 10.2. The summed E-state index contributed by atoms with van der Waals surface area (Å²) in [6, 6.07) is 12.5. The lowest BCUT2D eigenvalue weighted by Gasteiger charge is -2.11. The first-order valence-corrected chi connectivity index (χ1v) is 6.52. The van der Waals surface area contributed by atoms with Crippen molar-refractivity contribution in [2.75, 3.05) is 6.61 Å². The molecule has 4 nitrogen and oxygen atoms in total. The molecule has 0 N–H and O–H groups in total. The molecule has 1 heterocycles. The molecule has 0 amide bonds. The summed E-state index contributed by atoms with van der Waals surface area (Å²) in [5, 5.41) is 8.94. The van der Waals surface area contributed by atoms with Gasteiger partial charge in [-0.25, -0.2) is 0 Å². The molecule has 0 aliphatic carbocycles. The number of hydrogen-bond acceptors (Lipinski definition) is 3. The molecule has 2 rings (SSSR count). The molecule has 0 fully saturated rings. The summed E-state index contributed by atoms with van der Waals surface area (Å²) in [6.07, 6.45) is 5.32. The minimum atomic E-state index is -0.373. The van der Waals surface area contributed by atoms with Crippen LogP contribution in [0.5, 0.6) is 5.75 Å². The Balaban J connectivity index is 2.53. The second kappa shape index (κ2) is 6.45.